The van der Waals surface area contributed by atoms with E-state index in [4.69, 9.17) is 0 Å². The van der Waals surface area contributed by atoms with Gasteiger partial charge in [-0.05, 0) is 30.7 Å². The third-order valence-electron chi connectivity index (χ3n) is 3.39. The third kappa shape index (κ3) is 2.85. The summed E-state index contributed by atoms with van der Waals surface area (Å²) in [4.78, 5) is 4.57. The van der Waals surface area contributed by atoms with Crippen LogP contribution in [0.1, 0.15) is 16.7 Å². The fourth-order valence-corrected chi connectivity index (χ4v) is 2.30. The first kappa shape index (κ1) is 13.1. The van der Waals surface area contributed by atoms with Gasteiger partial charge in [0.15, 0.2) is 0 Å². The summed E-state index contributed by atoms with van der Waals surface area (Å²) in [5.41, 5.74) is 3.80. The Labute approximate surface area is 123 Å². The van der Waals surface area contributed by atoms with Crippen LogP contribution in [-0.2, 0) is 6.54 Å². The maximum atomic E-state index is 9.31. The van der Waals surface area contributed by atoms with Crippen LogP contribution in [0.4, 0.5) is 5.82 Å². The van der Waals surface area contributed by atoms with Crippen molar-refractivity contribution in [2.75, 3.05) is 5.32 Å². The number of benzene rings is 2. The molecule has 3 rings (SSSR count). The van der Waals surface area contributed by atoms with Crippen molar-refractivity contribution in [1.82, 2.24) is 4.98 Å². The van der Waals surface area contributed by atoms with E-state index < -0.39 is 0 Å². The molecule has 102 valence electrons. The molecule has 0 fully saturated rings. The Hall–Kier alpha value is -2.86. The number of anilines is 1. The molecule has 0 amide bonds. The van der Waals surface area contributed by atoms with E-state index in [0.717, 1.165) is 22.0 Å². The van der Waals surface area contributed by atoms with E-state index in [0.29, 0.717) is 17.9 Å². The first-order valence-electron chi connectivity index (χ1n) is 6.85. The SMILES string of the molecule is Cc1ccc2nc(NCc3ccccc3)c(C#N)cc2c1. The number of pyridine rings is 1. The summed E-state index contributed by atoms with van der Waals surface area (Å²) >= 11 is 0. The van der Waals surface area contributed by atoms with Crippen molar-refractivity contribution in [3.63, 3.8) is 0 Å². The molecule has 0 aliphatic heterocycles. The number of nitrogens with zero attached hydrogens (tertiary/aromatic N) is 2. The van der Waals surface area contributed by atoms with Crippen molar-refractivity contribution in [3.8, 4) is 6.07 Å². The normalized spacial score (nSPS) is 10.3. The minimum atomic E-state index is 0.573. The van der Waals surface area contributed by atoms with Crippen molar-refractivity contribution in [1.29, 1.82) is 5.26 Å². The van der Waals surface area contributed by atoms with Gasteiger partial charge in [0, 0.05) is 11.9 Å². The quantitative estimate of drug-likeness (QED) is 0.783. The number of fused-ring (bicyclic) bond motifs is 1. The van der Waals surface area contributed by atoms with Crippen LogP contribution >= 0.6 is 0 Å². The van der Waals surface area contributed by atoms with Crippen LogP contribution in [-0.4, -0.2) is 4.98 Å². The lowest BCUT2D eigenvalue weighted by Gasteiger charge is -2.09. The Kier molecular flexibility index (Phi) is 3.53. The highest BCUT2D eigenvalue weighted by molar-refractivity contribution is 5.83. The zero-order valence-corrected chi connectivity index (χ0v) is 11.8. The molecule has 0 bridgehead atoms. The van der Waals surface area contributed by atoms with E-state index in [1.54, 1.807) is 0 Å². The van der Waals surface area contributed by atoms with Crippen molar-refractivity contribution < 1.29 is 0 Å². The molecular formula is C18H15N3. The van der Waals surface area contributed by atoms with Crippen LogP contribution in [0.5, 0.6) is 0 Å². The second kappa shape index (κ2) is 5.64. The molecule has 1 aromatic heterocycles. The van der Waals surface area contributed by atoms with Crippen LogP contribution in [0, 0.1) is 18.3 Å². The predicted octanol–water partition coefficient (Wildman–Crippen LogP) is 4.03. The molecule has 0 aliphatic rings. The summed E-state index contributed by atoms with van der Waals surface area (Å²) in [5, 5.41) is 13.6. The summed E-state index contributed by atoms with van der Waals surface area (Å²) < 4.78 is 0. The summed E-state index contributed by atoms with van der Waals surface area (Å²) in [6.45, 7) is 2.69. The van der Waals surface area contributed by atoms with Gasteiger partial charge in [-0.2, -0.15) is 5.26 Å². The van der Waals surface area contributed by atoms with Gasteiger partial charge < -0.3 is 5.32 Å². The van der Waals surface area contributed by atoms with E-state index in [9.17, 15) is 5.26 Å². The summed E-state index contributed by atoms with van der Waals surface area (Å²) in [5.74, 6) is 0.637. The largest absolute Gasteiger partial charge is 0.365 e. The average molecular weight is 273 g/mol. The highest BCUT2D eigenvalue weighted by atomic mass is 15.0. The Morgan fingerprint density at radius 3 is 2.67 bits per heavy atom. The van der Waals surface area contributed by atoms with E-state index >= 15 is 0 Å². The fourth-order valence-electron chi connectivity index (χ4n) is 2.30. The van der Waals surface area contributed by atoms with Crippen LogP contribution in [0.2, 0.25) is 0 Å². The number of aromatic nitrogens is 1. The van der Waals surface area contributed by atoms with Gasteiger partial charge >= 0.3 is 0 Å². The number of nitrogens with one attached hydrogen (secondary N) is 1. The molecule has 0 spiro atoms. The second-order valence-corrected chi connectivity index (χ2v) is 5.03. The second-order valence-electron chi connectivity index (χ2n) is 5.03. The standard InChI is InChI=1S/C18H15N3/c1-13-7-8-17-15(9-13)10-16(11-19)18(21-17)20-12-14-5-3-2-4-6-14/h2-10H,12H2,1H3,(H,20,21). The van der Waals surface area contributed by atoms with Crippen LogP contribution in [0.25, 0.3) is 10.9 Å². The maximum absolute atomic E-state index is 9.31. The molecule has 1 heterocycles. The van der Waals surface area contributed by atoms with Crippen molar-refractivity contribution >= 4 is 16.7 Å². The van der Waals surface area contributed by atoms with Crippen molar-refractivity contribution in [2.45, 2.75) is 13.5 Å². The molecule has 2 aromatic carbocycles. The minimum absolute atomic E-state index is 0.573. The molecule has 0 atom stereocenters. The molecule has 1 N–H and O–H groups in total. The molecule has 0 aliphatic carbocycles. The summed E-state index contributed by atoms with van der Waals surface area (Å²) in [6.07, 6.45) is 0. The Balaban J connectivity index is 1.94. The van der Waals surface area contributed by atoms with Crippen LogP contribution < -0.4 is 5.32 Å². The molecule has 3 heteroatoms. The third-order valence-corrected chi connectivity index (χ3v) is 3.39. The molecule has 3 aromatic rings. The first-order chi connectivity index (χ1) is 10.3. The monoisotopic (exact) mass is 273 g/mol. The Bertz CT molecular complexity index is 817. The zero-order valence-electron chi connectivity index (χ0n) is 11.8. The minimum Gasteiger partial charge on any atom is -0.365 e. The van der Waals surface area contributed by atoms with Gasteiger partial charge in [0.05, 0.1) is 11.1 Å². The molecule has 21 heavy (non-hydrogen) atoms. The Morgan fingerprint density at radius 2 is 1.90 bits per heavy atom. The van der Waals surface area contributed by atoms with Crippen molar-refractivity contribution in [2.24, 2.45) is 0 Å². The molecule has 0 radical (unpaired) electrons. The van der Waals surface area contributed by atoms with Crippen LogP contribution in [0.3, 0.4) is 0 Å². The number of nitriles is 1. The topological polar surface area (TPSA) is 48.7 Å². The van der Waals surface area contributed by atoms with E-state index in [1.807, 2.05) is 61.5 Å². The number of hydrogen-bond acceptors (Lipinski definition) is 3. The van der Waals surface area contributed by atoms with Crippen LogP contribution in [0.15, 0.2) is 54.6 Å². The zero-order chi connectivity index (χ0) is 14.7. The number of aryl methyl sites for hydroxylation is 1. The van der Waals surface area contributed by atoms with Gasteiger partial charge in [0.25, 0.3) is 0 Å². The predicted molar refractivity (Wildman–Crippen MR) is 85.0 cm³/mol. The van der Waals surface area contributed by atoms with Gasteiger partial charge in [-0.15, -0.1) is 0 Å². The van der Waals surface area contributed by atoms with Gasteiger partial charge in [-0.3, -0.25) is 0 Å². The molecule has 0 unspecified atom stereocenters. The summed E-state index contributed by atoms with van der Waals surface area (Å²) in [7, 11) is 0. The lowest BCUT2D eigenvalue weighted by atomic mass is 10.1. The van der Waals surface area contributed by atoms with E-state index in [1.165, 1.54) is 0 Å². The average Bonchev–Trinajstić information content (AvgIpc) is 2.53. The summed E-state index contributed by atoms with van der Waals surface area (Å²) in [6, 6.07) is 20.2. The molecule has 0 saturated carbocycles. The van der Waals surface area contributed by atoms with E-state index in [-0.39, 0.29) is 0 Å². The molecular weight excluding hydrogens is 258 g/mol. The van der Waals surface area contributed by atoms with Gasteiger partial charge in [0.2, 0.25) is 0 Å². The van der Waals surface area contributed by atoms with Gasteiger partial charge in [0.1, 0.15) is 11.9 Å². The highest BCUT2D eigenvalue weighted by Gasteiger charge is 2.06. The maximum Gasteiger partial charge on any atom is 0.144 e. The number of hydrogen-bond donors (Lipinski definition) is 1. The number of rotatable bonds is 3. The lowest BCUT2D eigenvalue weighted by Crippen LogP contribution is -2.03. The Morgan fingerprint density at radius 1 is 1.10 bits per heavy atom. The highest BCUT2D eigenvalue weighted by Crippen LogP contribution is 2.21. The molecule has 3 nitrogen and oxygen atoms in total. The smallest absolute Gasteiger partial charge is 0.144 e. The fraction of sp³-hybridized carbons (Fsp3) is 0.111. The lowest BCUT2D eigenvalue weighted by molar-refractivity contribution is 1.12. The first-order valence-corrected chi connectivity index (χ1v) is 6.85. The van der Waals surface area contributed by atoms with Gasteiger partial charge in [-0.1, -0.05) is 42.0 Å². The van der Waals surface area contributed by atoms with Gasteiger partial charge in [-0.25, -0.2) is 4.98 Å². The molecule has 0 saturated heterocycles. The van der Waals surface area contributed by atoms with Crippen molar-refractivity contribution in [3.05, 3.63) is 71.3 Å². The van der Waals surface area contributed by atoms with E-state index in [2.05, 4.69) is 16.4 Å².